The first-order valence-corrected chi connectivity index (χ1v) is 6.67. The van der Waals surface area contributed by atoms with Crippen LogP contribution in [0.15, 0.2) is 18.3 Å². The highest BCUT2D eigenvalue weighted by molar-refractivity contribution is 5.68. The second-order valence-electron chi connectivity index (χ2n) is 4.63. The highest BCUT2D eigenvalue weighted by Crippen LogP contribution is 2.28. The lowest BCUT2D eigenvalue weighted by atomic mass is 10.2. The molecule has 1 N–H and O–H groups in total. The van der Waals surface area contributed by atoms with Gasteiger partial charge in [-0.1, -0.05) is 0 Å². The number of carbonyl (C=O) groups is 1. The van der Waals surface area contributed by atoms with Crippen molar-refractivity contribution in [2.45, 2.75) is 13.1 Å². The smallest absolute Gasteiger partial charge is 0.419 e. The molecule has 2 heterocycles. The first-order valence-electron chi connectivity index (χ1n) is 6.67. The zero-order valence-corrected chi connectivity index (χ0v) is 11.6. The van der Waals surface area contributed by atoms with Crippen LogP contribution in [0, 0.1) is 0 Å². The fourth-order valence-electron chi connectivity index (χ4n) is 2.13. The first kappa shape index (κ1) is 15.4. The van der Waals surface area contributed by atoms with E-state index < -0.39 is 11.7 Å². The quantitative estimate of drug-likeness (QED) is 0.837. The Hall–Kier alpha value is -1.99. The molecule has 0 unspecified atom stereocenters. The van der Waals surface area contributed by atoms with Crippen LogP contribution in [0.1, 0.15) is 12.5 Å². The molecule has 0 spiro atoms. The number of piperazine rings is 1. The van der Waals surface area contributed by atoms with Gasteiger partial charge in [0.2, 0.25) is 0 Å². The monoisotopic (exact) mass is 304 g/mol. The van der Waals surface area contributed by atoms with Gasteiger partial charge in [0.1, 0.15) is 19.3 Å². The van der Waals surface area contributed by atoms with Crippen LogP contribution in [0.3, 0.4) is 0 Å². The van der Waals surface area contributed by atoms with Crippen LogP contribution in [0.2, 0.25) is 0 Å². The summed E-state index contributed by atoms with van der Waals surface area (Å²) in [4.78, 5) is 17.7. The number of alkyl halides is 3. The summed E-state index contributed by atoms with van der Waals surface area (Å²) in [6.07, 6.45) is -3.75. The summed E-state index contributed by atoms with van der Waals surface area (Å²) in [7, 11) is 0. The average molecular weight is 304 g/mol. The zero-order chi connectivity index (χ0) is 15.5. The van der Waals surface area contributed by atoms with Crippen molar-refractivity contribution in [1.29, 1.82) is 0 Å². The maximum absolute atomic E-state index is 12.5. The number of nitrogens with one attached hydrogen (secondary N) is 1. The molecule has 1 aliphatic heterocycles. The van der Waals surface area contributed by atoms with Gasteiger partial charge >= 0.3 is 12.3 Å². The maximum atomic E-state index is 12.5. The highest BCUT2D eigenvalue weighted by atomic mass is 19.4. The third kappa shape index (κ3) is 3.77. The van der Waals surface area contributed by atoms with Gasteiger partial charge in [-0.05, 0) is 13.0 Å². The number of aromatic amines is 1. The predicted octanol–water partition coefficient (Wildman–Crippen LogP) is 1.80. The van der Waals surface area contributed by atoms with E-state index >= 15 is 0 Å². The highest BCUT2D eigenvalue weighted by Gasteiger charge is 2.33. The number of carbonyl (C=O) groups excluding carboxylic acids is 1. The minimum atomic E-state index is -4.35. The fourth-order valence-corrected chi connectivity index (χ4v) is 2.13. The predicted molar refractivity (Wildman–Crippen MR) is 68.8 cm³/mol. The molecule has 5 nitrogen and oxygen atoms in total. The number of hydrogen-bond acceptors (Lipinski definition) is 3. The van der Waals surface area contributed by atoms with E-state index in [1.165, 1.54) is 6.07 Å². The van der Waals surface area contributed by atoms with Crippen LogP contribution >= 0.6 is 0 Å². The van der Waals surface area contributed by atoms with E-state index in [4.69, 9.17) is 4.74 Å². The largest absolute Gasteiger partial charge is 0.450 e. The van der Waals surface area contributed by atoms with Gasteiger partial charge < -0.3 is 9.64 Å². The molecule has 1 saturated heterocycles. The van der Waals surface area contributed by atoms with Crippen molar-refractivity contribution < 1.29 is 27.7 Å². The molecule has 0 bridgehead atoms. The average Bonchev–Trinajstić information content (AvgIpc) is 2.47. The Morgan fingerprint density at radius 1 is 1.29 bits per heavy atom. The fraction of sp³-hybridized carbons (Fsp3) is 0.538. The third-order valence-electron chi connectivity index (χ3n) is 3.27. The molecular formula is C13H17F3N3O2+. The van der Waals surface area contributed by atoms with E-state index in [0.29, 0.717) is 38.6 Å². The standard InChI is InChI=1S/C13H16F3N3O2/c1-2-21-12(20)19-7-5-18(6-8-19)11-4-3-10(9-17-11)13(14,15)16/h3-4,9H,2,5-8H2,1H3/p+1. The topological polar surface area (TPSA) is 46.9 Å². The summed E-state index contributed by atoms with van der Waals surface area (Å²) in [5.74, 6) is 0.603. The van der Waals surface area contributed by atoms with E-state index in [9.17, 15) is 18.0 Å². The molecule has 0 atom stereocenters. The van der Waals surface area contributed by atoms with E-state index in [1.807, 2.05) is 4.90 Å². The van der Waals surface area contributed by atoms with Gasteiger partial charge in [-0.25, -0.2) is 9.78 Å². The van der Waals surface area contributed by atoms with Gasteiger partial charge in [0.05, 0.1) is 25.3 Å². The number of pyridine rings is 1. The minimum Gasteiger partial charge on any atom is -0.450 e. The molecule has 0 saturated carbocycles. The molecule has 0 aromatic carbocycles. The van der Waals surface area contributed by atoms with Crippen LogP contribution in [0.25, 0.3) is 0 Å². The van der Waals surface area contributed by atoms with Gasteiger partial charge in [-0.3, -0.25) is 4.90 Å². The molecule has 116 valence electrons. The third-order valence-corrected chi connectivity index (χ3v) is 3.27. The lowest BCUT2D eigenvalue weighted by molar-refractivity contribution is -0.367. The molecule has 1 fully saturated rings. The molecular weight excluding hydrogens is 287 g/mol. The SMILES string of the molecule is CCOC(=O)N1CCN(c2ccc(C(F)(F)F)c[nH+]2)CC1. The number of amides is 1. The Morgan fingerprint density at radius 2 is 1.95 bits per heavy atom. The number of halogens is 3. The normalized spacial score (nSPS) is 16.0. The minimum absolute atomic E-state index is 0.325. The molecule has 8 heteroatoms. The summed E-state index contributed by atoms with van der Waals surface area (Å²) in [6, 6.07) is 2.45. The van der Waals surface area contributed by atoms with E-state index in [0.717, 1.165) is 12.3 Å². The molecule has 2 rings (SSSR count). The van der Waals surface area contributed by atoms with Crippen LogP contribution < -0.4 is 9.88 Å². The van der Waals surface area contributed by atoms with Crippen molar-refractivity contribution in [2.24, 2.45) is 0 Å². The van der Waals surface area contributed by atoms with Crippen molar-refractivity contribution in [2.75, 3.05) is 37.7 Å². The van der Waals surface area contributed by atoms with Gasteiger partial charge in [0, 0.05) is 6.07 Å². The molecule has 0 aliphatic carbocycles. The van der Waals surface area contributed by atoms with Gasteiger partial charge in [-0.15, -0.1) is 0 Å². The van der Waals surface area contributed by atoms with Crippen LogP contribution in [-0.2, 0) is 10.9 Å². The summed E-state index contributed by atoms with van der Waals surface area (Å²) >= 11 is 0. The number of anilines is 1. The summed E-state index contributed by atoms with van der Waals surface area (Å²) in [5, 5.41) is 0. The lowest BCUT2D eigenvalue weighted by Gasteiger charge is -2.30. The second-order valence-corrected chi connectivity index (χ2v) is 4.63. The Balaban J connectivity index is 1.95. The zero-order valence-electron chi connectivity index (χ0n) is 11.6. The Kier molecular flexibility index (Phi) is 4.54. The Morgan fingerprint density at radius 3 is 2.43 bits per heavy atom. The Bertz CT molecular complexity index is 482. The Labute approximate surface area is 120 Å². The lowest BCUT2D eigenvalue weighted by Crippen LogP contribution is -2.50. The van der Waals surface area contributed by atoms with Crippen molar-refractivity contribution >= 4 is 11.9 Å². The van der Waals surface area contributed by atoms with Crippen molar-refractivity contribution in [3.05, 3.63) is 23.9 Å². The molecule has 1 aliphatic rings. The van der Waals surface area contributed by atoms with E-state index in [-0.39, 0.29) is 6.09 Å². The van der Waals surface area contributed by atoms with Crippen molar-refractivity contribution in [3.8, 4) is 0 Å². The van der Waals surface area contributed by atoms with Gasteiger partial charge in [0.15, 0.2) is 0 Å². The van der Waals surface area contributed by atoms with Crippen LogP contribution in [0.5, 0.6) is 0 Å². The van der Waals surface area contributed by atoms with Crippen LogP contribution in [0.4, 0.5) is 23.8 Å². The van der Waals surface area contributed by atoms with Crippen molar-refractivity contribution in [3.63, 3.8) is 0 Å². The molecule has 21 heavy (non-hydrogen) atoms. The number of rotatable bonds is 2. The van der Waals surface area contributed by atoms with E-state index in [1.54, 1.807) is 11.8 Å². The van der Waals surface area contributed by atoms with Gasteiger partial charge in [-0.2, -0.15) is 13.2 Å². The first-order chi connectivity index (χ1) is 9.91. The number of ether oxygens (including phenoxy) is 1. The molecule has 1 aromatic rings. The van der Waals surface area contributed by atoms with E-state index in [2.05, 4.69) is 4.98 Å². The second kappa shape index (κ2) is 6.19. The summed E-state index contributed by atoms with van der Waals surface area (Å²) in [5.41, 5.74) is -0.712. The maximum Gasteiger partial charge on any atom is 0.419 e. The molecule has 0 radical (unpaired) electrons. The van der Waals surface area contributed by atoms with Crippen molar-refractivity contribution in [1.82, 2.24) is 4.90 Å². The molecule has 1 amide bonds. The summed E-state index contributed by atoms with van der Waals surface area (Å²) in [6.45, 7) is 4.11. The molecule has 1 aromatic heterocycles. The number of nitrogens with zero attached hydrogens (tertiary/aromatic N) is 2. The summed E-state index contributed by atoms with van der Waals surface area (Å²) < 4.78 is 42.4. The number of H-pyrrole nitrogens is 1. The number of hydrogen-bond donors (Lipinski definition) is 0. The number of aromatic nitrogens is 1. The van der Waals surface area contributed by atoms with Gasteiger partial charge in [0.25, 0.3) is 5.82 Å². The van der Waals surface area contributed by atoms with Crippen LogP contribution in [-0.4, -0.2) is 43.8 Å².